The fourth-order valence-electron chi connectivity index (χ4n) is 1.81. The Kier molecular flexibility index (Phi) is 3.30. The van der Waals surface area contributed by atoms with Crippen LogP contribution in [-0.4, -0.2) is 24.0 Å². The van der Waals surface area contributed by atoms with Crippen molar-refractivity contribution in [1.29, 1.82) is 0 Å². The molecule has 2 aromatic carbocycles. The fraction of sp³-hybridized carbons (Fsp3) is 0.154. The Morgan fingerprint density at radius 2 is 1.68 bits per heavy atom. The Hall–Kier alpha value is -1.92. The van der Waals surface area contributed by atoms with Gasteiger partial charge in [0.15, 0.2) is 0 Å². The van der Waals surface area contributed by atoms with Crippen LogP contribution in [0.5, 0.6) is 0 Å². The normalized spacial score (nSPS) is 13.4. The van der Waals surface area contributed by atoms with Gasteiger partial charge in [0.05, 0.1) is 10.8 Å². The van der Waals surface area contributed by atoms with Gasteiger partial charge in [-0.25, -0.2) is 0 Å². The third-order valence-corrected chi connectivity index (χ3v) is 3.85. The standard InChI is InChI=1S/C13H12O5S/c1-8(13(14)15)9-2-3-11-7-12(19(16,17)18)5-4-10(11)6-9/h2-8H,1H3,(H,14,15)(H,16,17,18). The highest BCUT2D eigenvalue weighted by Gasteiger charge is 2.15. The molecular formula is C13H12O5S. The number of fused-ring (bicyclic) bond motifs is 1. The summed E-state index contributed by atoms with van der Waals surface area (Å²) in [6, 6.07) is 9.14. The van der Waals surface area contributed by atoms with Gasteiger partial charge in [0.1, 0.15) is 0 Å². The van der Waals surface area contributed by atoms with Gasteiger partial charge in [-0.3, -0.25) is 9.35 Å². The molecule has 0 bridgehead atoms. The zero-order valence-corrected chi connectivity index (χ0v) is 10.9. The minimum atomic E-state index is -4.23. The molecule has 0 saturated heterocycles. The van der Waals surface area contributed by atoms with Gasteiger partial charge in [-0.1, -0.05) is 24.3 Å². The minimum absolute atomic E-state index is 0.181. The fourth-order valence-corrected chi connectivity index (χ4v) is 2.33. The molecule has 0 spiro atoms. The monoisotopic (exact) mass is 280 g/mol. The predicted octanol–water partition coefficient (Wildman–Crippen LogP) is 2.27. The van der Waals surface area contributed by atoms with Crippen molar-refractivity contribution < 1.29 is 22.9 Å². The van der Waals surface area contributed by atoms with Crippen molar-refractivity contribution in [2.45, 2.75) is 17.7 Å². The van der Waals surface area contributed by atoms with Crippen molar-refractivity contribution in [3.8, 4) is 0 Å². The first kappa shape index (κ1) is 13.5. The van der Waals surface area contributed by atoms with Crippen LogP contribution in [0.15, 0.2) is 41.3 Å². The number of rotatable bonds is 3. The van der Waals surface area contributed by atoms with E-state index in [1.54, 1.807) is 25.1 Å². The van der Waals surface area contributed by atoms with Crippen molar-refractivity contribution in [3.05, 3.63) is 42.0 Å². The molecule has 19 heavy (non-hydrogen) atoms. The minimum Gasteiger partial charge on any atom is -0.481 e. The smallest absolute Gasteiger partial charge is 0.310 e. The molecule has 0 aromatic heterocycles. The molecule has 0 fully saturated rings. The highest BCUT2D eigenvalue weighted by molar-refractivity contribution is 7.85. The first-order valence-electron chi connectivity index (χ1n) is 5.53. The number of carbonyl (C=O) groups is 1. The SMILES string of the molecule is CC(C(=O)O)c1ccc2cc(S(=O)(=O)O)ccc2c1. The summed E-state index contributed by atoms with van der Waals surface area (Å²) in [5.74, 6) is -1.56. The van der Waals surface area contributed by atoms with Crippen molar-refractivity contribution in [3.63, 3.8) is 0 Å². The van der Waals surface area contributed by atoms with E-state index in [9.17, 15) is 13.2 Å². The second-order valence-corrected chi connectivity index (χ2v) is 5.72. The average molecular weight is 280 g/mol. The highest BCUT2D eigenvalue weighted by atomic mass is 32.2. The molecule has 100 valence electrons. The third-order valence-electron chi connectivity index (χ3n) is 3.00. The zero-order chi connectivity index (χ0) is 14.2. The van der Waals surface area contributed by atoms with Crippen LogP contribution < -0.4 is 0 Å². The number of aliphatic carboxylic acids is 1. The van der Waals surface area contributed by atoms with Gasteiger partial charge in [-0.05, 0) is 35.4 Å². The van der Waals surface area contributed by atoms with Crippen LogP contribution in [0.1, 0.15) is 18.4 Å². The Bertz CT molecular complexity index is 749. The summed E-state index contributed by atoms with van der Waals surface area (Å²) in [7, 11) is -4.23. The first-order valence-corrected chi connectivity index (χ1v) is 6.97. The number of carboxylic acids is 1. The number of carboxylic acid groups (broad SMARTS) is 1. The van der Waals surface area contributed by atoms with Crippen molar-refractivity contribution in [2.24, 2.45) is 0 Å². The van der Waals surface area contributed by atoms with E-state index in [2.05, 4.69) is 0 Å². The summed E-state index contributed by atoms with van der Waals surface area (Å²) in [6.07, 6.45) is 0. The van der Waals surface area contributed by atoms with E-state index in [0.29, 0.717) is 10.9 Å². The van der Waals surface area contributed by atoms with Crippen LogP contribution in [0.3, 0.4) is 0 Å². The Balaban J connectivity index is 2.55. The quantitative estimate of drug-likeness (QED) is 0.841. The number of benzene rings is 2. The summed E-state index contributed by atoms with van der Waals surface area (Å²) in [5.41, 5.74) is 0.639. The maximum Gasteiger partial charge on any atom is 0.310 e. The van der Waals surface area contributed by atoms with E-state index in [0.717, 1.165) is 5.39 Å². The molecule has 0 aliphatic rings. The molecule has 0 amide bonds. The first-order chi connectivity index (χ1) is 8.79. The third kappa shape index (κ3) is 2.74. The second-order valence-electron chi connectivity index (χ2n) is 4.30. The van der Waals surface area contributed by atoms with E-state index in [-0.39, 0.29) is 4.90 Å². The van der Waals surface area contributed by atoms with Crippen molar-refractivity contribution >= 4 is 26.9 Å². The van der Waals surface area contributed by atoms with Crippen molar-refractivity contribution in [1.82, 2.24) is 0 Å². The maximum absolute atomic E-state index is 11.0. The van der Waals surface area contributed by atoms with E-state index < -0.39 is 22.0 Å². The second kappa shape index (κ2) is 4.64. The summed E-state index contributed by atoms with van der Waals surface area (Å²) in [6.45, 7) is 1.58. The molecule has 2 N–H and O–H groups in total. The summed E-state index contributed by atoms with van der Waals surface area (Å²) in [5, 5.41) is 10.3. The molecule has 2 rings (SSSR count). The molecule has 5 nitrogen and oxygen atoms in total. The molecular weight excluding hydrogens is 268 g/mol. The predicted molar refractivity (Wildman–Crippen MR) is 69.8 cm³/mol. The van der Waals surface area contributed by atoms with Crippen LogP contribution in [-0.2, 0) is 14.9 Å². The van der Waals surface area contributed by atoms with E-state index in [1.807, 2.05) is 0 Å². The molecule has 0 heterocycles. The molecule has 6 heteroatoms. The Labute approximate surface area is 110 Å². The maximum atomic E-state index is 11.0. The van der Waals surface area contributed by atoms with Gasteiger partial charge in [0.25, 0.3) is 10.1 Å². The lowest BCUT2D eigenvalue weighted by molar-refractivity contribution is -0.138. The van der Waals surface area contributed by atoms with Crippen LogP contribution in [0.4, 0.5) is 0 Å². The Morgan fingerprint density at radius 3 is 2.26 bits per heavy atom. The Morgan fingerprint density at radius 1 is 1.11 bits per heavy atom. The molecule has 0 aliphatic carbocycles. The molecule has 0 radical (unpaired) electrons. The lowest BCUT2D eigenvalue weighted by atomic mass is 9.98. The van der Waals surface area contributed by atoms with Gasteiger partial charge < -0.3 is 5.11 Å². The van der Waals surface area contributed by atoms with Gasteiger partial charge in [-0.2, -0.15) is 8.42 Å². The van der Waals surface area contributed by atoms with Crippen LogP contribution in [0, 0.1) is 0 Å². The molecule has 0 aliphatic heterocycles. The summed E-state index contributed by atoms with van der Waals surface area (Å²) in [4.78, 5) is 10.7. The van der Waals surface area contributed by atoms with Crippen molar-refractivity contribution in [2.75, 3.05) is 0 Å². The van der Waals surface area contributed by atoms with E-state index in [1.165, 1.54) is 18.2 Å². The van der Waals surface area contributed by atoms with Crippen LogP contribution >= 0.6 is 0 Å². The molecule has 2 aromatic rings. The number of hydrogen-bond donors (Lipinski definition) is 2. The highest BCUT2D eigenvalue weighted by Crippen LogP contribution is 2.24. The van der Waals surface area contributed by atoms with Crippen LogP contribution in [0.2, 0.25) is 0 Å². The molecule has 1 unspecified atom stereocenters. The van der Waals surface area contributed by atoms with Crippen LogP contribution in [0.25, 0.3) is 10.8 Å². The summed E-state index contributed by atoms with van der Waals surface area (Å²) >= 11 is 0. The molecule has 0 saturated carbocycles. The topological polar surface area (TPSA) is 91.7 Å². The van der Waals surface area contributed by atoms with E-state index >= 15 is 0 Å². The van der Waals surface area contributed by atoms with E-state index in [4.69, 9.17) is 9.66 Å². The molecule has 1 atom stereocenters. The lowest BCUT2D eigenvalue weighted by Crippen LogP contribution is -2.07. The lowest BCUT2D eigenvalue weighted by Gasteiger charge is -2.08. The summed E-state index contributed by atoms with van der Waals surface area (Å²) < 4.78 is 31.0. The average Bonchev–Trinajstić information content (AvgIpc) is 2.35. The largest absolute Gasteiger partial charge is 0.481 e. The van der Waals surface area contributed by atoms with Gasteiger partial charge in [0.2, 0.25) is 0 Å². The number of hydrogen-bond acceptors (Lipinski definition) is 3. The van der Waals surface area contributed by atoms with Gasteiger partial charge in [-0.15, -0.1) is 0 Å². The van der Waals surface area contributed by atoms with Gasteiger partial charge in [0, 0.05) is 0 Å². The van der Waals surface area contributed by atoms with Gasteiger partial charge >= 0.3 is 5.97 Å². The zero-order valence-electron chi connectivity index (χ0n) is 10.1.